The highest BCUT2D eigenvalue weighted by atomic mass is 16.4. The summed E-state index contributed by atoms with van der Waals surface area (Å²) in [4.78, 5) is 29.5. The molecular formula is C21H26N2O3. The number of hydrogen-bond acceptors (Lipinski definition) is 4. The van der Waals surface area contributed by atoms with E-state index in [1.54, 1.807) is 12.1 Å². The summed E-state index contributed by atoms with van der Waals surface area (Å²) < 4.78 is 5.32. The second kappa shape index (κ2) is 7.62. The molecule has 2 saturated heterocycles. The predicted octanol–water partition coefficient (Wildman–Crippen LogP) is 3.27. The third-order valence-electron chi connectivity index (χ3n) is 5.78. The molecule has 0 atom stereocenters. The summed E-state index contributed by atoms with van der Waals surface area (Å²) in [6.07, 6.45) is 7.24. The van der Waals surface area contributed by atoms with Crippen LogP contribution < -0.4 is 5.63 Å². The topological polar surface area (TPSA) is 53.8 Å². The van der Waals surface area contributed by atoms with Gasteiger partial charge in [0.15, 0.2) is 0 Å². The molecule has 2 aliphatic rings. The van der Waals surface area contributed by atoms with Crippen LogP contribution in [0.1, 0.15) is 48.9 Å². The fourth-order valence-electron chi connectivity index (χ4n) is 4.28. The van der Waals surface area contributed by atoms with Crippen molar-refractivity contribution >= 4 is 16.9 Å². The number of nitrogens with zero attached hydrogens (tertiary/aromatic N) is 2. The molecule has 0 spiro atoms. The van der Waals surface area contributed by atoms with Gasteiger partial charge in [-0.05, 0) is 50.9 Å². The highest BCUT2D eigenvalue weighted by Crippen LogP contribution is 2.22. The van der Waals surface area contributed by atoms with Crippen LogP contribution in [0.3, 0.4) is 0 Å². The first-order chi connectivity index (χ1) is 12.7. The SMILES string of the molecule is O=C(c1cc2ccccc2oc1=O)N1CCC(N2CCCCCC2)CC1. The van der Waals surface area contributed by atoms with Crippen LogP contribution in [0.2, 0.25) is 0 Å². The van der Waals surface area contributed by atoms with Crippen molar-refractivity contribution in [1.82, 2.24) is 9.80 Å². The number of fused-ring (bicyclic) bond motifs is 1. The summed E-state index contributed by atoms with van der Waals surface area (Å²) in [7, 11) is 0. The number of hydrogen-bond donors (Lipinski definition) is 0. The number of amides is 1. The van der Waals surface area contributed by atoms with Gasteiger partial charge in [0.05, 0.1) is 0 Å². The van der Waals surface area contributed by atoms with E-state index in [9.17, 15) is 9.59 Å². The molecule has 0 saturated carbocycles. The highest BCUT2D eigenvalue weighted by Gasteiger charge is 2.29. The third-order valence-corrected chi connectivity index (χ3v) is 5.78. The average molecular weight is 354 g/mol. The van der Waals surface area contributed by atoms with E-state index in [0.29, 0.717) is 24.7 Å². The van der Waals surface area contributed by atoms with Gasteiger partial charge in [0.2, 0.25) is 0 Å². The first-order valence-corrected chi connectivity index (χ1v) is 9.78. The number of piperidine rings is 1. The van der Waals surface area contributed by atoms with Gasteiger partial charge < -0.3 is 14.2 Å². The molecular weight excluding hydrogens is 328 g/mol. The Hall–Kier alpha value is -2.14. The predicted molar refractivity (Wildman–Crippen MR) is 101 cm³/mol. The van der Waals surface area contributed by atoms with Gasteiger partial charge in [-0.25, -0.2) is 4.79 Å². The number of benzene rings is 1. The van der Waals surface area contributed by atoms with Gasteiger partial charge in [0, 0.05) is 24.5 Å². The summed E-state index contributed by atoms with van der Waals surface area (Å²) >= 11 is 0. The molecule has 0 unspecified atom stereocenters. The molecule has 1 amide bonds. The van der Waals surface area contributed by atoms with Crippen molar-refractivity contribution in [3.63, 3.8) is 0 Å². The maximum Gasteiger partial charge on any atom is 0.349 e. The lowest BCUT2D eigenvalue weighted by Gasteiger charge is -2.38. The van der Waals surface area contributed by atoms with Crippen LogP contribution in [-0.4, -0.2) is 47.9 Å². The first-order valence-electron chi connectivity index (χ1n) is 9.78. The average Bonchev–Trinajstić information content (AvgIpc) is 2.96. The number of likely N-dealkylation sites (tertiary alicyclic amines) is 2. The largest absolute Gasteiger partial charge is 0.422 e. The van der Waals surface area contributed by atoms with E-state index in [2.05, 4.69) is 4.90 Å². The molecule has 3 heterocycles. The lowest BCUT2D eigenvalue weighted by atomic mass is 10.0. The van der Waals surface area contributed by atoms with Crippen LogP contribution in [0.15, 0.2) is 39.5 Å². The molecule has 4 rings (SSSR count). The van der Waals surface area contributed by atoms with Crippen LogP contribution in [0, 0.1) is 0 Å². The van der Waals surface area contributed by atoms with Crippen molar-refractivity contribution in [2.45, 2.75) is 44.6 Å². The van der Waals surface area contributed by atoms with Gasteiger partial charge in [-0.3, -0.25) is 4.79 Å². The van der Waals surface area contributed by atoms with Crippen LogP contribution in [-0.2, 0) is 0 Å². The van der Waals surface area contributed by atoms with Gasteiger partial charge in [-0.15, -0.1) is 0 Å². The molecule has 2 fully saturated rings. The number of para-hydroxylation sites is 1. The molecule has 0 bridgehead atoms. The molecule has 26 heavy (non-hydrogen) atoms. The van der Waals surface area contributed by atoms with Gasteiger partial charge in [0.25, 0.3) is 5.91 Å². The molecule has 2 aromatic rings. The van der Waals surface area contributed by atoms with Crippen LogP contribution in [0.25, 0.3) is 11.0 Å². The van der Waals surface area contributed by atoms with E-state index < -0.39 is 5.63 Å². The Morgan fingerprint density at radius 1 is 0.962 bits per heavy atom. The van der Waals surface area contributed by atoms with E-state index >= 15 is 0 Å². The Labute approximate surface area is 153 Å². The summed E-state index contributed by atoms with van der Waals surface area (Å²) in [6, 6.07) is 9.55. The van der Waals surface area contributed by atoms with E-state index in [4.69, 9.17) is 4.42 Å². The fraction of sp³-hybridized carbons (Fsp3) is 0.524. The van der Waals surface area contributed by atoms with Gasteiger partial charge in [-0.2, -0.15) is 0 Å². The normalized spacial score (nSPS) is 20.2. The zero-order valence-electron chi connectivity index (χ0n) is 15.2. The molecule has 2 aliphatic heterocycles. The highest BCUT2D eigenvalue weighted by molar-refractivity contribution is 5.96. The zero-order chi connectivity index (χ0) is 17.9. The van der Waals surface area contributed by atoms with E-state index in [1.165, 1.54) is 38.8 Å². The summed E-state index contributed by atoms with van der Waals surface area (Å²) in [5, 5.41) is 0.787. The second-order valence-corrected chi connectivity index (χ2v) is 7.46. The Morgan fingerprint density at radius 2 is 1.65 bits per heavy atom. The van der Waals surface area contributed by atoms with Crippen molar-refractivity contribution in [1.29, 1.82) is 0 Å². The molecule has 0 N–H and O–H groups in total. The van der Waals surface area contributed by atoms with Crippen molar-refractivity contribution in [3.05, 3.63) is 46.3 Å². The Balaban J connectivity index is 1.45. The lowest BCUT2D eigenvalue weighted by Crippen LogP contribution is -2.47. The molecule has 1 aromatic carbocycles. The van der Waals surface area contributed by atoms with E-state index in [-0.39, 0.29) is 11.5 Å². The summed E-state index contributed by atoms with van der Waals surface area (Å²) in [6.45, 7) is 3.80. The fourth-order valence-corrected chi connectivity index (χ4v) is 4.28. The molecule has 138 valence electrons. The maximum atomic E-state index is 12.9. The minimum Gasteiger partial charge on any atom is -0.422 e. The number of rotatable bonds is 2. The van der Waals surface area contributed by atoms with Crippen molar-refractivity contribution < 1.29 is 9.21 Å². The van der Waals surface area contributed by atoms with Crippen LogP contribution >= 0.6 is 0 Å². The minimum atomic E-state index is -0.539. The van der Waals surface area contributed by atoms with Crippen LogP contribution in [0.4, 0.5) is 0 Å². The molecule has 5 heteroatoms. The Morgan fingerprint density at radius 3 is 2.38 bits per heavy atom. The van der Waals surface area contributed by atoms with Gasteiger partial charge in [-0.1, -0.05) is 31.0 Å². The second-order valence-electron chi connectivity index (χ2n) is 7.46. The summed E-state index contributed by atoms with van der Waals surface area (Å²) in [5.41, 5.74) is 0.134. The smallest absolute Gasteiger partial charge is 0.349 e. The van der Waals surface area contributed by atoms with Crippen molar-refractivity contribution in [2.75, 3.05) is 26.2 Å². The van der Waals surface area contributed by atoms with Crippen LogP contribution in [0.5, 0.6) is 0 Å². The minimum absolute atomic E-state index is 0.150. The van der Waals surface area contributed by atoms with Crippen molar-refractivity contribution in [3.8, 4) is 0 Å². The van der Waals surface area contributed by atoms with E-state index in [0.717, 1.165) is 18.2 Å². The molecule has 0 radical (unpaired) electrons. The molecule has 0 aliphatic carbocycles. The maximum absolute atomic E-state index is 12.9. The first kappa shape index (κ1) is 17.3. The molecule has 1 aromatic heterocycles. The lowest BCUT2D eigenvalue weighted by molar-refractivity contribution is 0.0619. The molecule has 5 nitrogen and oxygen atoms in total. The summed E-state index contributed by atoms with van der Waals surface area (Å²) in [5.74, 6) is -0.196. The van der Waals surface area contributed by atoms with E-state index in [1.807, 2.05) is 23.1 Å². The van der Waals surface area contributed by atoms with Crippen molar-refractivity contribution in [2.24, 2.45) is 0 Å². The number of carbonyl (C=O) groups excluding carboxylic acids is 1. The Bertz CT molecular complexity index is 829. The zero-order valence-corrected chi connectivity index (χ0v) is 15.2. The standard InChI is InChI=1S/C21H26N2O3/c24-20(18-15-16-7-3-4-8-19(16)26-21(18)25)23-13-9-17(10-14-23)22-11-5-1-2-6-12-22/h3-4,7-8,15,17H,1-2,5-6,9-14H2. The number of carbonyl (C=O) groups is 1. The monoisotopic (exact) mass is 354 g/mol. The van der Waals surface area contributed by atoms with Gasteiger partial charge in [0.1, 0.15) is 11.1 Å². The van der Waals surface area contributed by atoms with Gasteiger partial charge >= 0.3 is 5.63 Å². The quantitative estimate of drug-likeness (QED) is 0.777. The Kier molecular flexibility index (Phi) is 5.07. The third kappa shape index (κ3) is 3.54.